The van der Waals surface area contributed by atoms with E-state index in [1.54, 1.807) is 19.3 Å². The van der Waals surface area contributed by atoms with Crippen LogP contribution in [-0.2, 0) is 14.1 Å². The van der Waals surface area contributed by atoms with Gasteiger partial charge in [0.25, 0.3) is 11.2 Å². The van der Waals surface area contributed by atoms with Gasteiger partial charge in [0.05, 0.1) is 21.5 Å². The van der Waals surface area contributed by atoms with Gasteiger partial charge in [-0.25, -0.2) is 4.79 Å². The monoisotopic (exact) mass is 420 g/mol. The molecule has 3 rings (SSSR count). The second-order valence-electron chi connectivity index (χ2n) is 6.37. The van der Waals surface area contributed by atoms with Gasteiger partial charge in [0, 0.05) is 48.5 Å². The van der Waals surface area contributed by atoms with Crippen LogP contribution in [0, 0.1) is 10.1 Å². The quantitative estimate of drug-likeness (QED) is 0.480. The van der Waals surface area contributed by atoms with Crippen LogP contribution in [0.3, 0.4) is 0 Å². The van der Waals surface area contributed by atoms with Crippen LogP contribution in [0.15, 0.2) is 38.5 Å². The Kier molecular flexibility index (Phi) is 4.35. The zero-order valence-electron chi connectivity index (χ0n) is 14.7. The normalized spacial score (nSPS) is 11.5. The van der Waals surface area contributed by atoms with E-state index in [0.717, 1.165) is 4.57 Å². The van der Waals surface area contributed by atoms with Gasteiger partial charge in [-0.2, -0.15) is 0 Å². The number of benzene rings is 1. The second-order valence-corrected chi connectivity index (χ2v) is 7.22. The Morgan fingerprint density at radius 2 is 1.81 bits per heavy atom. The van der Waals surface area contributed by atoms with Crippen molar-refractivity contribution in [3.05, 3.63) is 59.8 Å². The summed E-state index contributed by atoms with van der Waals surface area (Å²) in [5.74, 6) is 0. The molecule has 0 N–H and O–H groups in total. The average Bonchev–Trinajstić information content (AvgIpc) is 2.99. The summed E-state index contributed by atoms with van der Waals surface area (Å²) in [5.41, 5.74) is 0.624. The van der Waals surface area contributed by atoms with Crippen LogP contribution in [0.1, 0.15) is 19.9 Å². The molecule has 26 heavy (non-hydrogen) atoms. The predicted molar refractivity (Wildman–Crippen MR) is 103 cm³/mol. The summed E-state index contributed by atoms with van der Waals surface area (Å²) in [6.07, 6.45) is 1.74. The minimum atomic E-state index is -0.478. The number of hydrogen-bond donors (Lipinski definition) is 0. The number of nitro groups is 1. The Morgan fingerprint density at radius 1 is 1.15 bits per heavy atom. The maximum atomic E-state index is 12.8. The lowest BCUT2D eigenvalue weighted by atomic mass is 10.1. The van der Waals surface area contributed by atoms with Gasteiger partial charge in [-0.15, -0.1) is 0 Å². The predicted octanol–water partition coefficient (Wildman–Crippen LogP) is 2.96. The largest absolute Gasteiger partial charge is 0.342 e. The number of nitro benzene ring substituents is 1. The van der Waals surface area contributed by atoms with E-state index in [4.69, 9.17) is 0 Å². The van der Waals surface area contributed by atoms with Gasteiger partial charge >= 0.3 is 5.69 Å². The number of fused-ring (bicyclic) bond motifs is 1. The molecule has 0 amide bonds. The van der Waals surface area contributed by atoms with Crippen molar-refractivity contribution < 1.29 is 4.92 Å². The molecular formula is C17H17BrN4O4. The van der Waals surface area contributed by atoms with Crippen LogP contribution in [-0.4, -0.2) is 18.6 Å². The molecule has 136 valence electrons. The Hall–Kier alpha value is -2.68. The van der Waals surface area contributed by atoms with Crippen LogP contribution in [0.2, 0.25) is 0 Å². The first-order valence-electron chi connectivity index (χ1n) is 7.90. The maximum absolute atomic E-state index is 12.8. The smallest absolute Gasteiger partial charge is 0.330 e. The molecule has 0 saturated heterocycles. The number of hydrogen-bond acceptors (Lipinski definition) is 4. The molecule has 0 spiro atoms. The van der Waals surface area contributed by atoms with Gasteiger partial charge in [0.1, 0.15) is 0 Å². The molecule has 2 heterocycles. The van der Waals surface area contributed by atoms with Crippen LogP contribution in [0.5, 0.6) is 0 Å². The number of non-ortho nitro benzene ring substituents is 1. The van der Waals surface area contributed by atoms with Crippen molar-refractivity contribution >= 4 is 32.5 Å². The Morgan fingerprint density at radius 3 is 2.38 bits per heavy atom. The van der Waals surface area contributed by atoms with Gasteiger partial charge in [-0.3, -0.25) is 24.0 Å². The van der Waals surface area contributed by atoms with Gasteiger partial charge < -0.3 is 4.57 Å². The number of nitrogens with zero attached hydrogens (tertiary/aromatic N) is 4. The molecule has 0 saturated carbocycles. The third-order valence-electron chi connectivity index (χ3n) is 4.44. The average molecular weight is 421 g/mol. The summed E-state index contributed by atoms with van der Waals surface area (Å²) in [6, 6.07) is 4.39. The maximum Gasteiger partial charge on any atom is 0.330 e. The van der Waals surface area contributed by atoms with Crippen molar-refractivity contribution in [2.75, 3.05) is 0 Å². The molecule has 0 aliphatic carbocycles. The standard InChI is InChI=1S/C17H17BrN4O4/c1-9(2)21-8-13-14(16(23)20(4)17(24)19(13)3)15(21)11-7-10(22(25)26)5-6-12(11)18/h5-9H,1-4H3. The van der Waals surface area contributed by atoms with Crippen LogP contribution in [0.25, 0.3) is 22.2 Å². The fourth-order valence-corrected chi connectivity index (χ4v) is 3.48. The first-order valence-corrected chi connectivity index (χ1v) is 8.69. The van der Waals surface area contributed by atoms with Crippen molar-refractivity contribution in [3.8, 4) is 11.3 Å². The Balaban J connectivity index is 2.57. The lowest BCUT2D eigenvalue weighted by molar-refractivity contribution is -0.384. The Labute approximate surface area is 156 Å². The summed E-state index contributed by atoms with van der Waals surface area (Å²) < 4.78 is 4.93. The van der Waals surface area contributed by atoms with E-state index >= 15 is 0 Å². The van der Waals surface area contributed by atoms with E-state index in [9.17, 15) is 19.7 Å². The summed E-state index contributed by atoms with van der Waals surface area (Å²) in [5, 5.41) is 11.6. The number of rotatable bonds is 3. The van der Waals surface area contributed by atoms with Gasteiger partial charge in [-0.05, 0) is 19.9 Å². The summed E-state index contributed by atoms with van der Waals surface area (Å²) >= 11 is 3.43. The fourth-order valence-electron chi connectivity index (χ4n) is 3.05. The SMILES string of the molecule is CC(C)n1cc2c(c1-c1cc([N+](=O)[O-])ccc1Br)c(=O)n(C)c(=O)n2C. The molecule has 9 heteroatoms. The number of aromatic nitrogens is 3. The Bertz CT molecular complexity index is 1170. The fraction of sp³-hybridized carbons (Fsp3) is 0.294. The zero-order valence-corrected chi connectivity index (χ0v) is 16.3. The molecule has 0 unspecified atom stereocenters. The molecule has 0 aliphatic rings. The highest BCUT2D eigenvalue weighted by Gasteiger charge is 2.23. The zero-order chi connectivity index (χ0) is 19.3. The number of aryl methyl sites for hydroxylation is 1. The molecule has 0 atom stereocenters. The van der Waals surface area contributed by atoms with Crippen LogP contribution < -0.4 is 11.2 Å². The topological polar surface area (TPSA) is 92.1 Å². The molecule has 0 radical (unpaired) electrons. The van der Waals surface area contributed by atoms with Crippen molar-refractivity contribution in [2.45, 2.75) is 19.9 Å². The molecule has 3 aromatic rings. The minimum Gasteiger partial charge on any atom is -0.342 e. The van der Waals surface area contributed by atoms with Crippen molar-refractivity contribution in [1.29, 1.82) is 0 Å². The van der Waals surface area contributed by atoms with E-state index in [-0.39, 0.29) is 11.7 Å². The van der Waals surface area contributed by atoms with Gasteiger partial charge in [0.2, 0.25) is 0 Å². The second kappa shape index (κ2) is 6.24. The molecule has 0 bridgehead atoms. The third kappa shape index (κ3) is 2.59. The van der Waals surface area contributed by atoms with E-state index in [1.165, 1.54) is 23.7 Å². The van der Waals surface area contributed by atoms with Gasteiger partial charge in [-0.1, -0.05) is 15.9 Å². The molecule has 1 aromatic carbocycles. The van der Waals surface area contributed by atoms with E-state index in [1.807, 2.05) is 18.4 Å². The van der Waals surface area contributed by atoms with E-state index in [0.29, 0.717) is 26.6 Å². The van der Waals surface area contributed by atoms with Crippen molar-refractivity contribution in [2.24, 2.45) is 14.1 Å². The van der Waals surface area contributed by atoms with E-state index in [2.05, 4.69) is 15.9 Å². The van der Waals surface area contributed by atoms with Crippen LogP contribution >= 0.6 is 15.9 Å². The first kappa shape index (κ1) is 18.1. The molecule has 0 aliphatic heterocycles. The molecule has 8 nitrogen and oxygen atoms in total. The first-order chi connectivity index (χ1) is 12.1. The highest BCUT2D eigenvalue weighted by molar-refractivity contribution is 9.10. The lowest BCUT2D eigenvalue weighted by Crippen LogP contribution is -2.36. The van der Waals surface area contributed by atoms with Crippen molar-refractivity contribution in [1.82, 2.24) is 13.7 Å². The molecule has 2 aromatic heterocycles. The summed E-state index contributed by atoms with van der Waals surface area (Å²) in [7, 11) is 3.02. The molecule has 0 fully saturated rings. The van der Waals surface area contributed by atoms with Gasteiger partial charge in [0.15, 0.2) is 0 Å². The van der Waals surface area contributed by atoms with Crippen LogP contribution in [0.4, 0.5) is 5.69 Å². The molecular weight excluding hydrogens is 404 g/mol. The van der Waals surface area contributed by atoms with Crippen molar-refractivity contribution in [3.63, 3.8) is 0 Å². The minimum absolute atomic E-state index is 0.0247. The summed E-state index contributed by atoms with van der Waals surface area (Å²) in [6.45, 7) is 3.88. The highest BCUT2D eigenvalue weighted by atomic mass is 79.9. The van der Waals surface area contributed by atoms with E-state index < -0.39 is 16.2 Å². The summed E-state index contributed by atoms with van der Waals surface area (Å²) in [4.78, 5) is 35.8. The number of halogens is 1. The third-order valence-corrected chi connectivity index (χ3v) is 5.13. The highest BCUT2D eigenvalue weighted by Crippen LogP contribution is 2.37. The lowest BCUT2D eigenvalue weighted by Gasteiger charge is -2.14.